The number of benzene rings is 1. The standard InChI is InChI=1S/C18H21N3O3/c1-3-10-20-15-14(17(23)21(11-4-2)18(20)24)19-13(16(15)22)12-8-6-5-7-9-12/h5-9,19,22H,3-4,10-11H2,1-2H3. The van der Waals surface area contributed by atoms with Crippen LogP contribution in [0.3, 0.4) is 0 Å². The number of aromatic hydroxyl groups is 1. The van der Waals surface area contributed by atoms with E-state index in [-0.39, 0.29) is 28.0 Å². The Morgan fingerprint density at radius 3 is 2.25 bits per heavy atom. The third kappa shape index (κ3) is 2.44. The molecule has 0 saturated carbocycles. The van der Waals surface area contributed by atoms with Crippen LogP contribution in [-0.2, 0) is 13.1 Å². The molecule has 0 amide bonds. The number of nitrogens with zero attached hydrogens (tertiary/aromatic N) is 2. The van der Waals surface area contributed by atoms with Gasteiger partial charge in [0, 0.05) is 18.7 Å². The van der Waals surface area contributed by atoms with Crippen molar-refractivity contribution in [3.8, 4) is 17.0 Å². The van der Waals surface area contributed by atoms with Gasteiger partial charge < -0.3 is 10.1 Å². The van der Waals surface area contributed by atoms with Crippen molar-refractivity contribution in [3.63, 3.8) is 0 Å². The van der Waals surface area contributed by atoms with Crippen molar-refractivity contribution in [2.24, 2.45) is 0 Å². The van der Waals surface area contributed by atoms with Crippen LogP contribution in [0.4, 0.5) is 0 Å². The first kappa shape index (κ1) is 16.1. The second kappa shape index (κ2) is 6.39. The molecule has 0 aliphatic carbocycles. The molecule has 126 valence electrons. The van der Waals surface area contributed by atoms with Crippen molar-refractivity contribution in [1.29, 1.82) is 0 Å². The molecule has 0 saturated heterocycles. The first-order valence-electron chi connectivity index (χ1n) is 8.23. The van der Waals surface area contributed by atoms with Crippen molar-refractivity contribution in [1.82, 2.24) is 14.1 Å². The van der Waals surface area contributed by atoms with Crippen molar-refractivity contribution in [2.45, 2.75) is 39.8 Å². The second-order valence-corrected chi connectivity index (χ2v) is 5.83. The van der Waals surface area contributed by atoms with Crippen LogP contribution < -0.4 is 11.2 Å². The Hall–Kier alpha value is -2.76. The molecule has 0 bridgehead atoms. The van der Waals surface area contributed by atoms with Gasteiger partial charge in [-0.1, -0.05) is 44.2 Å². The minimum atomic E-state index is -0.387. The van der Waals surface area contributed by atoms with Gasteiger partial charge in [-0.05, 0) is 12.8 Å². The SMILES string of the molecule is CCCn1c(=O)c2[nH]c(-c3ccccc3)c(O)c2n(CCC)c1=O. The van der Waals surface area contributed by atoms with Gasteiger partial charge in [0.25, 0.3) is 5.56 Å². The molecular formula is C18H21N3O3. The number of H-pyrrole nitrogens is 1. The predicted octanol–water partition coefficient (Wildman–Crippen LogP) is 2.68. The average molecular weight is 327 g/mol. The lowest BCUT2D eigenvalue weighted by atomic mass is 10.1. The van der Waals surface area contributed by atoms with E-state index in [1.807, 2.05) is 44.2 Å². The molecule has 0 unspecified atom stereocenters. The van der Waals surface area contributed by atoms with Gasteiger partial charge in [0.2, 0.25) is 0 Å². The molecule has 0 aliphatic rings. The largest absolute Gasteiger partial charge is 0.504 e. The lowest BCUT2D eigenvalue weighted by Crippen LogP contribution is -2.40. The Bertz CT molecular complexity index is 981. The van der Waals surface area contributed by atoms with E-state index in [0.717, 1.165) is 12.0 Å². The number of fused-ring (bicyclic) bond motifs is 1. The van der Waals surface area contributed by atoms with Crippen LogP contribution in [0, 0.1) is 0 Å². The summed E-state index contributed by atoms with van der Waals surface area (Å²) in [5.74, 6) is -0.0532. The number of aromatic nitrogens is 3. The highest BCUT2D eigenvalue weighted by atomic mass is 16.3. The zero-order valence-corrected chi connectivity index (χ0v) is 13.9. The summed E-state index contributed by atoms with van der Waals surface area (Å²) in [5.41, 5.74) is 1.03. The van der Waals surface area contributed by atoms with Gasteiger partial charge in [-0.3, -0.25) is 13.9 Å². The van der Waals surface area contributed by atoms with Crippen molar-refractivity contribution < 1.29 is 5.11 Å². The molecule has 0 fully saturated rings. The van der Waals surface area contributed by atoms with E-state index in [1.165, 1.54) is 9.13 Å². The minimum Gasteiger partial charge on any atom is -0.504 e. The summed E-state index contributed by atoms with van der Waals surface area (Å²) in [5, 5.41) is 10.7. The molecule has 3 aromatic rings. The maximum atomic E-state index is 12.7. The zero-order chi connectivity index (χ0) is 17.3. The molecule has 0 aliphatic heterocycles. The van der Waals surface area contributed by atoms with Crippen LogP contribution in [0.1, 0.15) is 26.7 Å². The molecule has 2 aromatic heterocycles. The van der Waals surface area contributed by atoms with Crippen molar-refractivity contribution in [2.75, 3.05) is 0 Å². The summed E-state index contributed by atoms with van der Waals surface area (Å²) in [7, 11) is 0. The van der Waals surface area contributed by atoms with Crippen LogP contribution in [0.5, 0.6) is 5.75 Å². The summed E-state index contributed by atoms with van der Waals surface area (Å²) in [6.07, 6.45) is 1.41. The monoisotopic (exact) mass is 327 g/mol. The molecule has 2 N–H and O–H groups in total. The highest BCUT2D eigenvalue weighted by molar-refractivity contribution is 5.90. The Labute approximate surface area is 139 Å². The van der Waals surface area contributed by atoms with Gasteiger partial charge in [0.15, 0.2) is 5.75 Å². The summed E-state index contributed by atoms with van der Waals surface area (Å²) in [6, 6.07) is 9.28. The minimum absolute atomic E-state index is 0.0532. The molecule has 3 rings (SSSR count). The Morgan fingerprint density at radius 2 is 1.62 bits per heavy atom. The number of aryl methyl sites for hydroxylation is 1. The summed E-state index contributed by atoms with van der Waals surface area (Å²) >= 11 is 0. The van der Waals surface area contributed by atoms with Gasteiger partial charge >= 0.3 is 5.69 Å². The van der Waals surface area contributed by atoms with Crippen LogP contribution in [0.15, 0.2) is 39.9 Å². The normalized spacial score (nSPS) is 11.2. The number of rotatable bonds is 5. The molecule has 0 spiro atoms. The quantitative estimate of drug-likeness (QED) is 0.756. The second-order valence-electron chi connectivity index (χ2n) is 5.83. The third-order valence-electron chi connectivity index (χ3n) is 4.10. The van der Waals surface area contributed by atoms with E-state index >= 15 is 0 Å². The molecular weight excluding hydrogens is 306 g/mol. The summed E-state index contributed by atoms with van der Waals surface area (Å²) in [6.45, 7) is 4.67. The van der Waals surface area contributed by atoms with E-state index < -0.39 is 0 Å². The van der Waals surface area contributed by atoms with Gasteiger partial charge in [0.05, 0.1) is 5.69 Å². The van der Waals surface area contributed by atoms with Crippen molar-refractivity contribution in [3.05, 3.63) is 51.2 Å². The lowest BCUT2D eigenvalue weighted by Gasteiger charge is -2.10. The van der Waals surface area contributed by atoms with E-state index in [0.29, 0.717) is 25.2 Å². The van der Waals surface area contributed by atoms with Crippen LogP contribution in [0.25, 0.3) is 22.3 Å². The topological polar surface area (TPSA) is 80.0 Å². The fourth-order valence-electron chi connectivity index (χ4n) is 3.03. The third-order valence-corrected chi connectivity index (χ3v) is 4.10. The van der Waals surface area contributed by atoms with E-state index in [4.69, 9.17) is 0 Å². The maximum Gasteiger partial charge on any atom is 0.331 e. The molecule has 6 nitrogen and oxygen atoms in total. The maximum absolute atomic E-state index is 12.7. The predicted molar refractivity (Wildman–Crippen MR) is 94.5 cm³/mol. The summed E-state index contributed by atoms with van der Waals surface area (Å²) < 4.78 is 2.73. The fraction of sp³-hybridized carbons (Fsp3) is 0.333. The van der Waals surface area contributed by atoms with Crippen LogP contribution >= 0.6 is 0 Å². The van der Waals surface area contributed by atoms with Gasteiger partial charge in [-0.25, -0.2) is 4.79 Å². The average Bonchev–Trinajstić information content (AvgIpc) is 2.94. The zero-order valence-electron chi connectivity index (χ0n) is 13.9. The van der Waals surface area contributed by atoms with Gasteiger partial charge in [-0.15, -0.1) is 0 Å². The summed E-state index contributed by atoms with van der Waals surface area (Å²) in [4.78, 5) is 28.4. The number of hydrogen-bond acceptors (Lipinski definition) is 3. The van der Waals surface area contributed by atoms with Gasteiger partial charge in [-0.2, -0.15) is 0 Å². The molecule has 0 radical (unpaired) electrons. The number of hydrogen-bond donors (Lipinski definition) is 2. The molecule has 24 heavy (non-hydrogen) atoms. The Morgan fingerprint density at radius 1 is 1.00 bits per heavy atom. The first-order chi connectivity index (χ1) is 11.6. The van der Waals surface area contributed by atoms with E-state index in [2.05, 4.69) is 4.98 Å². The first-order valence-corrected chi connectivity index (χ1v) is 8.23. The molecule has 0 atom stereocenters. The fourth-order valence-corrected chi connectivity index (χ4v) is 3.03. The van der Waals surface area contributed by atoms with E-state index in [9.17, 15) is 14.7 Å². The highest BCUT2D eigenvalue weighted by Crippen LogP contribution is 2.34. The molecule has 1 aromatic carbocycles. The highest BCUT2D eigenvalue weighted by Gasteiger charge is 2.21. The number of aromatic amines is 1. The van der Waals surface area contributed by atoms with Crippen LogP contribution in [0.2, 0.25) is 0 Å². The Balaban J connectivity index is 2.41. The van der Waals surface area contributed by atoms with Gasteiger partial charge in [0.1, 0.15) is 11.0 Å². The van der Waals surface area contributed by atoms with Crippen molar-refractivity contribution >= 4 is 11.0 Å². The number of nitrogens with one attached hydrogen (secondary N) is 1. The smallest absolute Gasteiger partial charge is 0.331 e. The van der Waals surface area contributed by atoms with Crippen LogP contribution in [-0.4, -0.2) is 19.2 Å². The molecule has 2 heterocycles. The van der Waals surface area contributed by atoms with E-state index in [1.54, 1.807) is 0 Å². The Kier molecular flexibility index (Phi) is 4.29. The molecule has 6 heteroatoms. The lowest BCUT2D eigenvalue weighted by molar-refractivity contribution is 0.475.